The SMILES string of the molecule is Cc1nccn1[C@@H]1CCC[C@@H](NC(=O)CCc2nc3ccccc3[nH]2)[C@H]1O. The van der Waals surface area contributed by atoms with Gasteiger partial charge < -0.3 is 20.0 Å². The topological polar surface area (TPSA) is 95.8 Å². The van der Waals surface area contributed by atoms with Gasteiger partial charge in [0.05, 0.1) is 29.2 Å². The van der Waals surface area contributed by atoms with E-state index in [0.29, 0.717) is 12.8 Å². The van der Waals surface area contributed by atoms with Crippen LogP contribution in [0.15, 0.2) is 36.7 Å². The normalized spacial score (nSPS) is 22.8. The first-order valence-electron chi connectivity index (χ1n) is 9.52. The summed E-state index contributed by atoms with van der Waals surface area (Å²) in [7, 11) is 0. The number of para-hydroxylation sites is 2. The van der Waals surface area contributed by atoms with Crippen molar-refractivity contribution in [2.24, 2.45) is 0 Å². The van der Waals surface area contributed by atoms with Gasteiger partial charge in [0.2, 0.25) is 5.91 Å². The first-order valence-corrected chi connectivity index (χ1v) is 9.52. The Bertz CT molecular complexity index is 898. The maximum atomic E-state index is 12.4. The van der Waals surface area contributed by atoms with Crippen LogP contribution >= 0.6 is 0 Å². The van der Waals surface area contributed by atoms with Crippen molar-refractivity contribution >= 4 is 16.9 Å². The monoisotopic (exact) mass is 367 g/mol. The average Bonchev–Trinajstić information content (AvgIpc) is 3.27. The summed E-state index contributed by atoms with van der Waals surface area (Å²) in [5.74, 6) is 1.64. The van der Waals surface area contributed by atoms with Crippen LogP contribution in [0.4, 0.5) is 0 Å². The van der Waals surface area contributed by atoms with Gasteiger partial charge in [0.25, 0.3) is 0 Å². The number of aromatic amines is 1. The number of rotatable bonds is 5. The van der Waals surface area contributed by atoms with Gasteiger partial charge >= 0.3 is 0 Å². The highest BCUT2D eigenvalue weighted by Crippen LogP contribution is 2.30. The van der Waals surface area contributed by atoms with Crippen LogP contribution in [0.1, 0.15) is 43.4 Å². The molecule has 2 heterocycles. The fourth-order valence-corrected chi connectivity index (χ4v) is 3.99. The Morgan fingerprint density at radius 2 is 2.22 bits per heavy atom. The van der Waals surface area contributed by atoms with Crippen LogP contribution in [0.2, 0.25) is 0 Å². The number of benzene rings is 1. The fourth-order valence-electron chi connectivity index (χ4n) is 3.99. The number of amides is 1. The Hall–Kier alpha value is -2.67. The Labute approximate surface area is 157 Å². The van der Waals surface area contributed by atoms with E-state index in [0.717, 1.165) is 41.9 Å². The van der Waals surface area contributed by atoms with Gasteiger partial charge in [0, 0.05) is 25.2 Å². The van der Waals surface area contributed by atoms with Crippen molar-refractivity contribution < 1.29 is 9.90 Å². The summed E-state index contributed by atoms with van der Waals surface area (Å²) in [6.45, 7) is 1.93. The number of aliphatic hydroxyl groups excluding tert-OH is 1. The number of hydrogen-bond acceptors (Lipinski definition) is 4. The summed E-state index contributed by atoms with van der Waals surface area (Å²) in [6.07, 6.45) is 6.58. The van der Waals surface area contributed by atoms with Crippen molar-refractivity contribution in [2.45, 2.75) is 57.2 Å². The number of carbonyl (C=O) groups excluding carboxylic acids is 1. The van der Waals surface area contributed by atoms with E-state index >= 15 is 0 Å². The predicted molar refractivity (Wildman–Crippen MR) is 102 cm³/mol. The van der Waals surface area contributed by atoms with E-state index < -0.39 is 6.10 Å². The number of fused-ring (bicyclic) bond motifs is 1. The fraction of sp³-hybridized carbons (Fsp3) is 0.450. The number of carbonyl (C=O) groups is 1. The van der Waals surface area contributed by atoms with Crippen molar-refractivity contribution in [1.29, 1.82) is 0 Å². The molecule has 0 saturated heterocycles. The first-order chi connectivity index (χ1) is 13.1. The van der Waals surface area contributed by atoms with E-state index in [2.05, 4.69) is 20.3 Å². The van der Waals surface area contributed by atoms with E-state index in [1.165, 1.54) is 0 Å². The second-order valence-corrected chi connectivity index (χ2v) is 7.25. The Balaban J connectivity index is 1.35. The first kappa shape index (κ1) is 17.7. The smallest absolute Gasteiger partial charge is 0.220 e. The average molecular weight is 367 g/mol. The van der Waals surface area contributed by atoms with Crippen LogP contribution in [-0.2, 0) is 11.2 Å². The standard InChI is InChI=1S/C20H25N5O2/c1-13-21-11-12-25(13)17-8-4-7-16(20(17)27)24-19(26)10-9-18-22-14-5-2-3-6-15(14)23-18/h2-3,5-6,11-12,16-17,20,27H,4,7-10H2,1H3,(H,22,23)(H,24,26)/t16-,17-,20-/m1/s1. The summed E-state index contributed by atoms with van der Waals surface area (Å²) in [6, 6.07) is 7.56. The highest BCUT2D eigenvalue weighted by molar-refractivity contribution is 5.77. The minimum absolute atomic E-state index is 0.0399. The van der Waals surface area contributed by atoms with E-state index in [4.69, 9.17) is 0 Å². The van der Waals surface area contributed by atoms with Crippen LogP contribution in [-0.4, -0.2) is 42.7 Å². The van der Waals surface area contributed by atoms with Gasteiger partial charge in [0.1, 0.15) is 11.6 Å². The third-order valence-corrected chi connectivity index (χ3v) is 5.41. The van der Waals surface area contributed by atoms with Crippen LogP contribution in [0.3, 0.4) is 0 Å². The Kier molecular flexibility index (Phi) is 4.94. The molecule has 1 aromatic carbocycles. The third-order valence-electron chi connectivity index (χ3n) is 5.41. The lowest BCUT2D eigenvalue weighted by molar-refractivity contribution is -0.123. The molecule has 0 bridgehead atoms. The van der Waals surface area contributed by atoms with Gasteiger partial charge in [0.15, 0.2) is 0 Å². The molecule has 1 aliphatic rings. The molecule has 0 unspecified atom stereocenters. The summed E-state index contributed by atoms with van der Waals surface area (Å²) in [4.78, 5) is 24.4. The van der Waals surface area contributed by atoms with Crippen LogP contribution in [0, 0.1) is 6.92 Å². The molecule has 3 atom stereocenters. The number of hydrogen-bond donors (Lipinski definition) is 3. The molecular formula is C20H25N5O2. The van der Waals surface area contributed by atoms with Crippen molar-refractivity contribution in [1.82, 2.24) is 24.8 Å². The maximum Gasteiger partial charge on any atom is 0.220 e. The minimum atomic E-state index is -0.609. The molecule has 1 fully saturated rings. The molecule has 0 radical (unpaired) electrons. The van der Waals surface area contributed by atoms with Crippen LogP contribution in [0.5, 0.6) is 0 Å². The second-order valence-electron chi connectivity index (χ2n) is 7.25. The predicted octanol–water partition coefficient (Wildman–Crippen LogP) is 2.27. The summed E-state index contributed by atoms with van der Waals surface area (Å²) in [5, 5.41) is 13.8. The van der Waals surface area contributed by atoms with Gasteiger partial charge in [-0.25, -0.2) is 9.97 Å². The van der Waals surface area contributed by atoms with Gasteiger partial charge in [-0.3, -0.25) is 4.79 Å². The molecular weight excluding hydrogens is 342 g/mol. The quantitative estimate of drug-likeness (QED) is 0.645. The van der Waals surface area contributed by atoms with Crippen molar-refractivity contribution in [3.63, 3.8) is 0 Å². The lowest BCUT2D eigenvalue weighted by Crippen LogP contribution is -2.49. The van der Waals surface area contributed by atoms with Crippen molar-refractivity contribution in [3.8, 4) is 0 Å². The van der Waals surface area contributed by atoms with Crippen molar-refractivity contribution in [2.75, 3.05) is 0 Å². The number of nitrogens with zero attached hydrogens (tertiary/aromatic N) is 3. The second kappa shape index (κ2) is 7.52. The van der Waals surface area contributed by atoms with E-state index in [1.807, 2.05) is 42.0 Å². The summed E-state index contributed by atoms with van der Waals surface area (Å²) in [5.41, 5.74) is 1.89. The zero-order valence-electron chi connectivity index (χ0n) is 15.4. The summed E-state index contributed by atoms with van der Waals surface area (Å²) < 4.78 is 2.01. The number of H-pyrrole nitrogens is 1. The lowest BCUT2D eigenvalue weighted by atomic mass is 9.87. The Morgan fingerprint density at radius 1 is 1.37 bits per heavy atom. The van der Waals surface area contributed by atoms with Crippen LogP contribution in [0.25, 0.3) is 11.0 Å². The molecule has 4 rings (SSSR count). The molecule has 142 valence electrons. The van der Waals surface area contributed by atoms with E-state index in [9.17, 15) is 9.90 Å². The third kappa shape index (κ3) is 3.73. The molecule has 2 aromatic heterocycles. The van der Waals surface area contributed by atoms with Crippen LogP contribution < -0.4 is 5.32 Å². The zero-order chi connectivity index (χ0) is 18.8. The largest absolute Gasteiger partial charge is 0.389 e. The molecule has 7 heteroatoms. The zero-order valence-corrected chi connectivity index (χ0v) is 15.4. The molecule has 7 nitrogen and oxygen atoms in total. The van der Waals surface area contributed by atoms with Crippen molar-refractivity contribution in [3.05, 3.63) is 48.3 Å². The van der Waals surface area contributed by atoms with Gasteiger partial charge in [-0.1, -0.05) is 12.1 Å². The highest BCUT2D eigenvalue weighted by Gasteiger charge is 2.34. The van der Waals surface area contributed by atoms with Gasteiger partial charge in [-0.2, -0.15) is 0 Å². The number of aromatic nitrogens is 4. The molecule has 27 heavy (non-hydrogen) atoms. The van der Waals surface area contributed by atoms with E-state index in [-0.39, 0.29) is 18.0 Å². The van der Waals surface area contributed by atoms with E-state index in [1.54, 1.807) is 6.20 Å². The molecule has 0 spiro atoms. The van der Waals surface area contributed by atoms with Gasteiger partial charge in [-0.05, 0) is 38.3 Å². The molecule has 1 aliphatic carbocycles. The number of aliphatic hydroxyl groups is 1. The maximum absolute atomic E-state index is 12.4. The molecule has 1 amide bonds. The molecule has 3 N–H and O–H groups in total. The summed E-state index contributed by atoms with van der Waals surface area (Å²) >= 11 is 0. The molecule has 1 saturated carbocycles. The Morgan fingerprint density at radius 3 is 3.00 bits per heavy atom. The van der Waals surface area contributed by atoms with Gasteiger partial charge in [-0.15, -0.1) is 0 Å². The number of nitrogens with one attached hydrogen (secondary N) is 2. The molecule has 3 aromatic rings. The minimum Gasteiger partial charge on any atom is -0.389 e. The lowest BCUT2D eigenvalue weighted by Gasteiger charge is -2.36. The highest BCUT2D eigenvalue weighted by atomic mass is 16.3. The molecule has 0 aliphatic heterocycles. The number of imidazole rings is 2. The number of aryl methyl sites for hydroxylation is 2.